The molecule has 0 spiro atoms. The zero-order chi connectivity index (χ0) is 22.8. The monoisotopic (exact) mass is 500 g/mol. The van der Waals surface area contributed by atoms with Crippen LogP contribution in [0, 0.1) is 0 Å². The first-order valence-corrected chi connectivity index (χ1v) is 12.5. The van der Waals surface area contributed by atoms with E-state index in [0.717, 1.165) is 17.5 Å². The molecule has 2 amide bonds. The van der Waals surface area contributed by atoms with Crippen molar-refractivity contribution >= 4 is 58.4 Å². The molecule has 0 fully saturated rings. The Hall–Kier alpha value is -1.40. The van der Waals surface area contributed by atoms with Gasteiger partial charge >= 0.3 is 0 Å². The van der Waals surface area contributed by atoms with Crippen LogP contribution in [0.1, 0.15) is 37.8 Å². The number of hydrogen-bond acceptors (Lipinski definition) is 3. The van der Waals surface area contributed by atoms with Crippen LogP contribution in [-0.2, 0) is 21.9 Å². The van der Waals surface area contributed by atoms with E-state index >= 15 is 0 Å². The number of carbonyl (C=O) groups is 2. The number of amides is 2. The van der Waals surface area contributed by atoms with Gasteiger partial charge in [0, 0.05) is 33.9 Å². The molecule has 2 aromatic carbocycles. The molecule has 8 heteroatoms. The minimum Gasteiger partial charge on any atom is -0.354 e. The van der Waals surface area contributed by atoms with Crippen molar-refractivity contribution in [3.05, 3.63) is 68.7 Å². The Bertz CT molecular complexity index is 857. The molecule has 0 saturated heterocycles. The summed E-state index contributed by atoms with van der Waals surface area (Å²) in [6.45, 7) is 4.82. The predicted molar refractivity (Wildman–Crippen MR) is 132 cm³/mol. The summed E-state index contributed by atoms with van der Waals surface area (Å²) in [4.78, 5) is 27.6. The average molecular weight is 502 g/mol. The van der Waals surface area contributed by atoms with Crippen LogP contribution in [0.15, 0.2) is 42.5 Å². The first kappa shape index (κ1) is 25.9. The van der Waals surface area contributed by atoms with E-state index in [2.05, 4.69) is 5.32 Å². The Kier molecular flexibility index (Phi) is 11.0. The standard InChI is InChI=1S/C23H27Cl3N2O2S/c1-3-12-27-23(30)21(4-2)28(13-16-8-10-17(24)11-9-16)22(29)15-31-14-18-19(25)6-5-7-20(18)26/h5-11,21H,3-4,12-15H2,1-2H3,(H,27,30)/t21-/m0/s1. The van der Waals surface area contributed by atoms with Crippen molar-refractivity contribution in [1.82, 2.24) is 10.2 Å². The number of carbonyl (C=O) groups excluding carboxylic acids is 2. The highest BCUT2D eigenvalue weighted by atomic mass is 35.5. The van der Waals surface area contributed by atoms with Crippen LogP contribution in [0.2, 0.25) is 15.1 Å². The smallest absolute Gasteiger partial charge is 0.242 e. The Morgan fingerprint density at radius 3 is 2.26 bits per heavy atom. The molecular formula is C23H27Cl3N2O2S. The minimum atomic E-state index is -0.542. The summed E-state index contributed by atoms with van der Waals surface area (Å²) in [6.07, 6.45) is 1.36. The van der Waals surface area contributed by atoms with Crippen LogP contribution in [-0.4, -0.2) is 35.1 Å². The molecular weight excluding hydrogens is 475 g/mol. The highest BCUT2D eigenvalue weighted by molar-refractivity contribution is 7.99. The lowest BCUT2D eigenvalue weighted by Gasteiger charge is -2.30. The van der Waals surface area contributed by atoms with E-state index < -0.39 is 6.04 Å². The van der Waals surface area contributed by atoms with Crippen molar-refractivity contribution < 1.29 is 9.59 Å². The SMILES string of the molecule is CCCNC(=O)[C@H](CC)N(Cc1ccc(Cl)cc1)C(=O)CSCc1c(Cl)cccc1Cl. The summed E-state index contributed by atoms with van der Waals surface area (Å²) in [5, 5.41) is 4.70. The van der Waals surface area contributed by atoms with Crippen molar-refractivity contribution in [3.8, 4) is 0 Å². The van der Waals surface area contributed by atoms with Crippen molar-refractivity contribution in [2.75, 3.05) is 12.3 Å². The zero-order valence-corrected chi connectivity index (χ0v) is 20.8. The average Bonchev–Trinajstić information content (AvgIpc) is 2.75. The largest absolute Gasteiger partial charge is 0.354 e. The summed E-state index contributed by atoms with van der Waals surface area (Å²) in [5.74, 6) is 0.484. The summed E-state index contributed by atoms with van der Waals surface area (Å²) < 4.78 is 0. The molecule has 2 rings (SSSR count). The van der Waals surface area contributed by atoms with E-state index in [1.165, 1.54) is 11.8 Å². The van der Waals surface area contributed by atoms with Gasteiger partial charge in [-0.2, -0.15) is 0 Å². The van der Waals surface area contributed by atoms with E-state index in [0.29, 0.717) is 40.3 Å². The Morgan fingerprint density at radius 1 is 1.03 bits per heavy atom. The lowest BCUT2D eigenvalue weighted by molar-refractivity contribution is -0.139. The fourth-order valence-corrected chi connectivity index (χ4v) is 4.84. The molecule has 0 bridgehead atoms. The fraction of sp³-hybridized carbons (Fsp3) is 0.391. The molecule has 31 heavy (non-hydrogen) atoms. The van der Waals surface area contributed by atoms with Gasteiger partial charge in [0.15, 0.2) is 0 Å². The normalized spacial score (nSPS) is 11.8. The van der Waals surface area contributed by atoms with Crippen molar-refractivity contribution in [1.29, 1.82) is 0 Å². The maximum atomic E-state index is 13.2. The van der Waals surface area contributed by atoms with E-state index in [9.17, 15) is 9.59 Å². The Morgan fingerprint density at radius 2 is 1.68 bits per heavy atom. The number of thioether (sulfide) groups is 1. The lowest BCUT2D eigenvalue weighted by atomic mass is 10.1. The third-order valence-electron chi connectivity index (χ3n) is 4.73. The van der Waals surface area contributed by atoms with E-state index in [-0.39, 0.29) is 17.6 Å². The van der Waals surface area contributed by atoms with Crippen LogP contribution in [0.3, 0.4) is 0 Å². The van der Waals surface area contributed by atoms with Crippen LogP contribution in [0.4, 0.5) is 0 Å². The molecule has 0 saturated carbocycles. The second-order valence-electron chi connectivity index (χ2n) is 7.06. The number of nitrogens with zero attached hydrogens (tertiary/aromatic N) is 1. The molecule has 1 N–H and O–H groups in total. The molecule has 4 nitrogen and oxygen atoms in total. The second kappa shape index (κ2) is 13.2. The van der Waals surface area contributed by atoms with Gasteiger partial charge in [0.05, 0.1) is 5.75 Å². The fourth-order valence-electron chi connectivity index (χ4n) is 3.07. The van der Waals surface area contributed by atoms with Crippen molar-refractivity contribution in [3.63, 3.8) is 0 Å². The molecule has 168 valence electrons. The van der Waals surface area contributed by atoms with Gasteiger partial charge in [-0.25, -0.2) is 0 Å². The quantitative estimate of drug-likeness (QED) is 0.398. The second-order valence-corrected chi connectivity index (χ2v) is 9.29. The molecule has 0 aliphatic carbocycles. The number of benzene rings is 2. The molecule has 2 aromatic rings. The number of nitrogens with one attached hydrogen (secondary N) is 1. The summed E-state index contributed by atoms with van der Waals surface area (Å²) in [6, 6.07) is 12.1. The van der Waals surface area contributed by atoms with Crippen LogP contribution in [0.25, 0.3) is 0 Å². The Labute approximate surface area is 203 Å². The first-order valence-electron chi connectivity index (χ1n) is 10.2. The molecule has 0 aromatic heterocycles. The van der Waals surface area contributed by atoms with Gasteiger partial charge in [0.25, 0.3) is 0 Å². The highest BCUT2D eigenvalue weighted by Gasteiger charge is 2.28. The van der Waals surface area contributed by atoms with Crippen LogP contribution < -0.4 is 5.32 Å². The van der Waals surface area contributed by atoms with Crippen LogP contribution >= 0.6 is 46.6 Å². The van der Waals surface area contributed by atoms with Gasteiger partial charge in [0.1, 0.15) is 6.04 Å². The Balaban J connectivity index is 2.14. The maximum absolute atomic E-state index is 13.2. The molecule has 1 atom stereocenters. The zero-order valence-electron chi connectivity index (χ0n) is 17.7. The minimum absolute atomic E-state index is 0.110. The topological polar surface area (TPSA) is 49.4 Å². The van der Waals surface area contributed by atoms with Crippen molar-refractivity contribution in [2.24, 2.45) is 0 Å². The molecule has 0 heterocycles. The predicted octanol–water partition coefficient (Wildman–Crippen LogP) is 6.21. The van der Waals surface area contributed by atoms with Gasteiger partial charge in [-0.05, 0) is 48.2 Å². The number of halogens is 3. The lowest BCUT2D eigenvalue weighted by Crippen LogP contribution is -2.49. The van der Waals surface area contributed by atoms with E-state index in [1.807, 2.05) is 26.0 Å². The van der Waals surface area contributed by atoms with Gasteiger partial charge in [0.2, 0.25) is 11.8 Å². The van der Waals surface area contributed by atoms with E-state index in [4.69, 9.17) is 34.8 Å². The summed E-state index contributed by atoms with van der Waals surface area (Å²) in [7, 11) is 0. The molecule has 0 aliphatic heterocycles. The highest BCUT2D eigenvalue weighted by Crippen LogP contribution is 2.28. The maximum Gasteiger partial charge on any atom is 0.242 e. The number of rotatable bonds is 11. The first-order chi connectivity index (χ1) is 14.9. The summed E-state index contributed by atoms with van der Waals surface area (Å²) in [5.41, 5.74) is 1.72. The van der Waals surface area contributed by atoms with Gasteiger partial charge in [-0.15, -0.1) is 11.8 Å². The van der Waals surface area contributed by atoms with Gasteiger partial charge < -0.3 is 10.2 Å². The number of hydrogen-bond donors (Lipinski definition) is 1. The third kappa shape index (κ3) is 7.90. The molecule has 0 radical (unpaired) electrons. The molecule has 0 unspecified atom stereocenters. The van der Waals surface area contributed by atoms with Gasteiger partial charge in [-0.3, -0.25) is 9.59 Å². The van der Waals surface area contributed by atoms with Crippen molar-refractivity contribution in [2.45, 2.75) is 45.0 Å². The van der Waals surface area contributed by atoms with E-state index in [1.54, 1.807) is 35.2 Å². The van der Waals surface area contributed by atoms with Crippen LogP contribution in [0.5, 0.6) is 0 Å². The summed E-state index contributed by atoms with van der Waals surface area (Å²) >= 11 is 19.9. The molecule has 0 aliphatic rings. The third-order valence-corrected chi connectivity index (χ3v) is 6.64. The van der Waals surface area contributed by atoms with Gasteiger partial charge in [-0.1, -0.05) is 66.8 Å².